The predicted molar refractivity (Wildman–Crippen MR) is 76.5 cm³/mol. The van der Waals surface area contributed by atoms with Crippen LogP contribution in [0.25, 0.3) is 0 Å². The molecule has 2 aliphatic rings. The Kier molecular flexibility index (Phi) is 5.26. The summed E-state index contributed by atoms with van der Waals surface area (Å²) in [6.07, 6.45) is 5.51. The van der Waals surface area contributed by atoms with Gasteiger partial charge in [0.05, 0.1) is 5.92 Å². The Morgan fingerprint density at radius 2 is 1.70 bits per heavy atom. The number of nitrogens with zero attached hydrogens (tertiary/aromatic N) is 1. The van der Waals surface area contributed by atoms with Crippen LogP contribution >= 0.6 is 0 Å². The number of rotatable bonds is 3. The number of carbonyl (C=O) groups is 2. The molecule has 5 nitrogen and oxygen atoms in total. The number of aliphatic carboxylic acids is 1. The zero-order valence-corrected chi connectivity index (χ0v) is 12.3. The minimum absolute atomic E-state index is 0.0530. The molecule has 1 aliphatic heterocycles. The SMILES string of the molecule is CC1CCN(C(=O)NCC2CCC(C(=O)O)CC2)CC1. The molecule has 114 valence electrons. The van der Waals surface area contributed by atoms with Crippen molar-refractivity contribution in [3.8, 4) is 0 Å². The molecular weight excluding hydrogens is 256 g/mol. The van der Waals surface area contributed by atoms with Gasteiger partial charge >= 0.3 is 12.0 Å². The van der Waals surface area contributed by atoms with Gasteiger partial charge in [-0.15, -0.1) is 0 Å². The molecule has 0 atom stereocenters. The summed E-state index contributed by atoms with van der Waals surface area (Å²) < 4.78 is 0. The molecule has 0 unspecified atom stereocenters. The van der Waals surface area contributed by atoms with Gasteiger partial charge in [0.25, 0.3) is 0 Å². The van der Waals surface area contributed by atoms with Gasteiger partial charge in [-0.05, 0) is 50.4 Å². The summed E-state index contributed by atoms with van der Waals surface area (Å²) >= 11 is 0. The van der Waals surface area contributed by atoms with Gasteiger partial charge < -0.3 is 15.3 Å². The van der Waals surface area contributed by atoms with E-state index in [4.69, 9.17) is 5.11 Å². The molecule has 1 heterocycles. The van der Waals surface area contributed by atoms with Gasteiger partial charge in [-0.25, -0.2) is 4.79 Å². The zero-order valence-electron chi connectivity index (χ0n) is 12.3. The smallest absolute Gasteiger partial charge is 0.317 e. The lowest BCUT2D eigenvalue weighted by Gasteiger charge is -2.31. The van der Waals surface area contributed by atoms with Crippen molar-refractivity contribution in [1.82, 2.24) is 10.2 Å². The number of piperidine rings is 1. The lowest BCUT2D eigenvalue weighted by atomic mass is 9.82. The van der Waals surface area contributed by atoms with Crippen molar-refractivity contribution in [2.45, 2.75) is 45.4 Å². The second-order valence-corrected chi connectivity index (χ2v) is 6.41. The molecule has 0 aromatic carbocycles. The molecule has 2 N–H and O–H groups in total. The van der Waals surface area contributed by atoms with E-state index in [2.05, 4.69) is 12.2 Å². The molecule has 0 aromatic heterocycles. The Morgan fingerprint density at radius 1 is 1.10 bits per heavy atom. The maximum atomic E-state index is 12.0. The largest absolute Gasteiger partial charge is 0.481 e. The normalized spacial score (nSPS) is 28.1. The van der Waals surface area contributed by atoms with E-state index >= 15 is 0 Å². The topological polar surface area (TPSA) is 69.6 Å². The van der Waals surface area contributed by atoms with Crippen LogP contribution in [0.5, 0.6) is 0 Å². The van der Waals surface area contributed by atoms with Gasteiger partial charge in [0, 0.05) is 19.6 Å². The van der Waals surface area contributed by atoms with E-state index in [0.29, 0.717) is 12.5 Å². The van der Waals surface area contributed by atoms with Crippen LogP contribution in [-0.2, 0) is 4.79 Å². The average molecular weight is 282 g/mol. The minimum Gasteiger partial charge on any atom is -0.481 e. The fourth-order valence-corrected chi connectivity index (χ4v) is 3.17. The first-order chi connectivity index (χ1) is 9.56. The molecule has 1 saturated heterocycles. The Hall–Kier alpha value is -1.26. The van der Waals surface area contributed by atoms with Gasteiger partial charge in [-0.2, -0.15) is 0 Å². The van der Waals surface area contributed by atoms with Crippen LogP contribution in [-0.4, -0.2) is 41.6 Å². The summed E-state index contributed by atoms with van der Waals surface area (Å²) in [5.74, 6) is 0.323. The maximum Gasteiger partial charge on any atom is 0.317 e. The molecule has 5 heteroatoms. The number of nitrogens with one attached hydrogen (secondary N) is 1. The lowest BCUT2D eigenvalue weighted by molar-refractivity contribution is -0.143. The van der Waals surface area contributed by atoms with E-state index in [0.717, 1.165) is 57.5 Å². The highest BCUT2D eigenvalue weighted by Crippen LogP contribution is 2.28. The number of urea groups is 1. The first-order valence-electron chi connectivity index (χ1n) is 7.82. The summed E-state index contributed by atoms with van der Waals surface area (Å²) in [7, 11) is 0. The van der Waals surface area contributed by atoms with Crippen LogP contribution in [0.3, 0.4) is 0 Å². The average Bonchev–Trinajstić information content (AvgIpc) is 2.46. The maximum absolute atomic E-state index is 12.0. The second-order valence-electron chi connectivity index (χ2n) is 6.41. The van der Waals surface area contributed by atoms with E-state index in [9.17, 15) is 9.59 Å². The quantitative estimate of drug-likeness (QED) is 0.834. The summed E-state index contributed by atoms with van der Waals surface area (Å²) in [6, 6.07) is 0.0530. The highest BCUT2D eigenvalue weighted by atomic mass is 16.4. The monoisotopic (exact) mass is 282 g/mol. The lowest BCUT2D eigenvalue weighted by Crippen LogP contribution is -2.45. The third kappa shape index (κ3) is 4.12. The summed E-state index contributed by atoms with van der Waals surface area (Å²) in [5, 5.41) is 12.0. The summed E-state index contributed by atoms with van der Waals surface area (Å²) in [5.41, 5.74) is 0. The van der Waals surface area contributed by atoms with E-state index in [1.54, 1.807) is 0 Å². The van der Waals surface area contributed by atoms with Gasteiger partial charge in [0.1, 0.15) is 0 Å². The van der Waals surface area contributed by atoms with Crippen LogP contribution in [0.1, 0.15) is 45.4 Å². The summed E-state index contributed by atoms with van der Waals surface area (Å²) in [4.78, 5) is 24.8. The van der Waals surface area contributed by atoms with Crippen molar-refractivity contribution in [2.24, 2.45) is 17.8 Å². The van der Waals surface area contributed by atoms with E-state index in [1.165, 1.54) is 0 Å². The molecule has 0 aromatic rings. The second kappa shape index (κ2) is 6.95. The van der Waals surface area contributed by atoms with Crippen LogP contribution < -0.4 is 5.32 Å². The Bertz CT molecular complexity index is 343. The number of carboxylic acid groups (broad SMARTS) is 1. The van der Waals surface area contributed by atoms with Crippen molar-refractivity contribution in [2.75, 3.05) is 19.6 Å². The Morgan fingerprint density at radius 3 is 2.25 bits per heavy atom. The third-order valence-corrected chi connectivity index (χ3v) is 4.81. The fourth-order valence-electron chi connectivity index (χ4n) is 3.17. The molecule has 0 bridgehead atoms. The van der Waals surface area contributed by atoms with Gasteiger partial charge in [0.2, 0.25) is 0 Å². The van der Waals surface area contributed by atoms with Crippen molar-refractivity contribution >= 4 is 12.0 Å². The highest BCUT2D eigenvalue weighted by molar-refractivity contribution is 5.74. The molecule has 20 heavy (non-hydrogen) atoms. The molecule has 1 saturated carbocycles. The van der Waals surface area contributed by atoms with E-state index < -0.39 is 5.97 Å². The number of hydrogen-bond acceptors (Lipinski definition) is 2. The fraction of sp³-hybridized carbons (Fsp3) is 0.867. The van der Waals surface area contributed by atoms with Crippen molar-refractivity contribution in [1.29, 1.82) is 0 Å². The first kappa shape index (κ1) is 15.1. The highest BCUT2D eigenvalue weighted by Gasteiger charge is 2.27. The van der Waals surface area contributed by atoms with Crippen LogP contribution in [0, 0.1) is 17.8 Å². The molecule has 2 rings (SSSR count). The zero-order chi connectivity index (χ0) is 14.5. The molecule has 2 amide bonds. The van der Waals surface area contributed by atoms with Crippen LogP contribution in [0.15, 0.2) is 0 Å². The molecule has 0 spiro atoms. The molecule has 1 aliphatic carbocycles. The molecular formula is C15H26N2O3. The molecule has 2 fully saturated rings. The van der Waals surface area contributed by atoms with Gasteiger partial charge in [-0.3, -0.25) is 4.79 Å². The third-order valence-electron chi connectivity index (χ3n) is 4.81. The first-order valence-corrected chi connectivity index (χ1v) is 7.82. The number of carbonyl (C=O) groups excluding carboxylic acids is 1. The van der Waals surface area contributed by atoms with Crippen LogP contribution in [0.4, 0.5) is 4.79 Å². The minimum atomic E-state index is -0.671. The summed E-state index contributed by atoms with van der Waals surface area (Å²) in [6.45, 7) is 4.64. The van der Waals surface area contributed by atoms with Crippen LogP contribution in [0.2, 0.25) is 0 Å². The number of carboxylic acids is 1. The Balaban J connectivity index is 1.65. The number of likely N-dealkylation sites (tertiary alicyclic amines) is 1. The van der Waals surface area contributed by atoms with E-state index in [1.807, 2.05) is 4.90 Å². The predicted octanol–water partition coefficient (Wildman–Crippen LogP) is 2.32. The number of amides is 2. The number of hydrogen-bond donors (Lipinski definition) is 2. The van der Waals surface area contributed by atoms with E-state index in [-0.39, 0.29) is 11.9 Å². The van der Waals surface area contributed by atoms with Crippen molar-refractivity contribution in [3.63, 3.8) is 0 Å². The van der Waals surface area contributed by atoms with Crippen molar-refractivity contribution in [3.05, 3.63) is 0 Å². The van der Waals surface area contributed by atoms with Gasteiger partial charge in [0.15, 0.2) is 0 Å². The van der Waals surface area contributed by atoms with Crippen molar-refractivity contribution < 1.29 is 14.7 Å². The van der Waals surface area contributed by atoms with Gasteiger partial charge in [-0.1, -0.05) is 6.92 Å². The standard InChI is InChI=1S/C15H26N2O3/c1-11-6-8-17(9-7-11)15(20)16-10-12-2-4-13(5-3-12)14(18)19/h11-13H,2-10H2,1H3,(H,16,20)(H,18,19). The Labute approximate surface area is 120 Å². The molecule has 0 radical (unpaired) electrons.